The van der Waals surface area contributed by atoms with Gasteiger partial charge in [0.15, 0.2) is 11.6 Å². The van der Waals surface area contributed by atoms with Crippen LogP contribution in [0.1, 0.15) is 473 Å². The molecule has 0 aromatic rings. The lowest BCUT2D eigenvalue weighted by Crippen LogP contribution is -2.30. The summed E-state index contributed by atoms with van der Waals surface area (Å²) < 4.78 is 111. The molecule has 2 fully saturated rings. The zero-order valence-electron chi connectivity index (χ0n) is 79.2. The van der Waals surface area contributed by atoms with Crippen molar-refractivity contribution in [2.75, 3.05) is 0 Å². The first-order valence-corrected chi connectivity index (χ1v) is 49.3. The molecule has 13 atom stereocenters. The molecule has 0 bridgehead atoms. The van der Waals surface area contributed by atoms with Gasteiger partial charge in [-0.15, -0.1) is 0 Å². The van der Waals surface area contributed by atoms with Crippen LogP contribution in [-0.2, 0) is 57.9 Å². The van der Waals surface area contributed by atoms with Crippen molar-refractivity contribution < 1.29 is 119 Å². The molecular formula is C105H192F8O17. The molecule has 2 saturated carbocycles. The lowest BCUT2D eigenvalue weighted by atomic mass is 9.85. The van der Waals surface area contributed by atoms with Crippen LogP contribution in [0.2, 0.25) is 0 Å². The van der Waals surface area contributed by atoms with Gasteiger partial charge in [-0.05, 0) is 169 Å². The molecule has 0 aromatic heterocycles. The van der Waals surface area contributed by atoms with E-state index in [0.29, 0.717) is 101 Å². The van der Waals surface area contributed by atoms with Gasteiger partial charge in [0.05, 0.1) is 30.5 Å². The zero-order valence-corrected chi connectivity index (χ0v) is 79.2. The number of halogens is 8. The molecule has 130 heavy (non-hydrogen) atoms. The summed E-state index contributed by atoms with van der Waals surface area (Å²) in [4.78, 5) is 115. The number of ketones is 8. The topological polar surface area (TPSA) is 275 Å². The normalized spacial score (nSPS) is 20.0. The monoisotopic (exact) mass is 1880 g/mol. The Morgan fingerprint density at radius 2 is 0.585 bits per heavy atom. The predicted molar refractivity (Wildman–Crippen MR) is 512 cm³/mol. The molecule has 17 nitrogen and oxygen atoms in total. The Bertz CT molecular complexity index is 2820. The Morgan fingerprint density at radius 3 is 0.854 bits per heavy atom. The molecule has 0 spiro atoms. The Morgan fingerprint density at radius 1 is 0.338 bits per heavy atom. The van der Waals surface area contributed by atoms with E-state index in [-0.39, 0.29) is 196 Å². The molecule has 0 radical (unpaired) electrons. The second-order valence-electron chi connectivity index (χ2n) is 38.4. The van der Waals surface area contributed by atoms with Crippen molar-refractivity contribution in [1.29, 1.82) is 0 Å². The predicted octanol–water partition coefficient (Wildman–Crippen LogP) is 31.3. The van der Waals surface area contributed by atoms with Crippen molar-refractivity contribution in [3.05, 3.63) is 24.3 Å². The van der Waals surface area contributed by atoms with Crippen LogP contribution in [0, 0.1) is 71.0 Å². The van der Waals surface area contributed by atoms with Crippen LogP contribution >= 0.6 is 0 Å². The summed E-state index contributed by atoms with van der Waals surface area (Å²) in [5.41, 5.74) is 0. The Labute approximate surface area is 784 Å². The van der Waals surface area contributed by atoms with Gasteiger partial charge in [-0.1, -0.05) is 312 Å². The molecule has 0 amide bonds. The van der Waals surface area contributed by atoms with E-state index >= 15 is 0 Å². The van der Waals surface area contributed by atoms with Gasteiger partial charge in [-0.25, -0.2) is 19.6 Å². The highest BCUT2D eigenvalue weighted by Crippen LogP contribution is 2.41. The number of alkyl halides is 8. The lowest BCUT2D eigenvalue weighted by Gasteiger charge is -2.22. The minimum Gasteiger partial charge on any atom is -0.392 e. The molecule has 4 aliphatic rings. The minimum absolute atomic E-state index is 0. The van der Waals surface area contributed by atoms with Gasteiger partial charge in [0.1, 0.15) is 11.6 Å². The molecular weight excluding hydrogens is 1690 g/mol. The third-order valence-electron chi connectivity index (χ3n) is 26.8. The maximum absolute atomic E-state index is 13.9. The highest BCUT2D eigenvalue weighted by atomic mass is 19.3. The highest BCUT2D eigenvalue weighted by molar-refractivity contribution is 5.95. The third-order valence-corrected chi connectivity index (χ3v) is 26.8. The first-order chi connectivity index (χ1) is 59.3. The molecule has 0 saturated heterocycles. The number of unbranched alkanes of at least 4 members (excludes halogenated alkanes) is 24. The van der Waals surface area contributed by atoms with Crippen LogP contribution in [0.4, 0.5) is 35.1 Å². The Kier molecular flexibility index (Phi) is 79.5. The lowest BCUT2D eigenvalue weighted by molar-refractivity contribution is -0.289. The smallest absolute Gasteiger partial charge is 0.305 e. The minimum atomic E-state index is -3.31. The van der Waals surface area contributed by atoms with Crippen LogP contribution in [0.15, 0.2) is 24.3 Å². The van der Waals surface area contributed by atoms with Gasteiger partial charge in [0, 0.05) is 87.9 Å². The fourth-order valence-corrected chi connectivity index (χ4v) is 18.0. The van der Waals surface area contributed by atoms with Crippen molar-refractivity contribution in [2.24, 2.45) is 71.0 Å². The van der Waals surface area contributed by atoms with Crippen LogP contribution in [0.25, 0.3) is 0 Å². The summed E-state index contributed by atoms with van der Waals surface area (Å²) in [5.74, 6) is -16.6. The van der Waals surface area contributed by atoms with Crippen LogP contribution in [0.3, 0.4) is 0 Å². The van der Waals surface area contributed by atoms with Crippen molar-refractivity contribution in [3.8, 4) is 0 Å². The molecule has 770 valence electrons. The number of carbonyl (C=O) groups is 8. The summed E-state index contributed by atoms with van der Waals surface area (Å²) in [7, 11) is 0. The van der Waals surface area contributed by atoms with E-state index in [0.717, 1.165) is 205 Å². The maximum Gasteiger partial charge on any atom is 0.305 e. The molecule has 4 rings (SSSR count). The molecule has 0 aromatic carbocycles. The fourth-order valence-electron chi connectivity index (χ4n) is 18.0. The Hall–Kier alpha value is -4.08. The molecule has 5 N–H and O–H groups in total. The third kappa shape index (κ3) is 56.0. The summed E-state index contributed by atoms with van der Waals surface area (Å²) in [6.07, 6.45) is 41.0. The van der Waals surface area contributed by atoms with E-state index in [4.69, 9.17) is 21.0 Å². The number of aliphatic hydroxyl groups is 1. The van der Waals surface area contributed by atoms with E-state index in [1.807, 2.05) is 76.2 Å². The van der Waals surface area contributed by atoms with E-state index in [1.165, 1.54) is 0 Å². The van der Waals surface area contributed by atoms with Gasteiger partial charge in [0.2, 0.25) is 23.1 Å². The van der Waals surface area contributed by atoms with Crippen LogP contribution in [0.5, 0.6) is 0 Å². The number of rotatable bonds is 72. The van der Waals surface area contributed by atoms with Gasteiger partial charge in [-0.2, -0.15) is 35.1 Å². The van der Waals surface area contributed by atoms with Crippen molar-refractivity contribution in [2.45, 2.75) is 528 Å². The molecule has 0 heterocycles. The summed E-state index contributed by atoms with van der Waals surface area (Å²) >= 11 is 0. The number of aliphatic hydroxyl groups excluding tert-OH is 1. The van der Waals surface area contributed by atoms with E-state index < -0.39 is 59.3 Å². The van der Waals surface area contributed by atoms with Gasteiger partial charge >= 0.3 is 23.7 Å². The average molecular weight is 1880 g/mol. The molecule has 0 aliphatic heterocycles. The second kappa shape index (κ2) is 76.9. The van der Waals surface area contributed by atoms with Gasteiger partial charge in [0.25, 0.3) is 0 Å². The van der Waals surface area contributed by atoms with Crippen LogP contribution < -0.4 is 0 Å². The molecule has 4 aliphatic carbocycles. The number of hydrogen-bond donors (Lipinski definition) is 5. The quantitative estimate of drug-likeness (QED) is 0.0164. The maximum atomic E-state index is 13.9. The first kappa shape index (κ1) is 134. The fraction of sp³-hybridized carbons (Fsp3) is 0.886. The van der Waals surface area contributed by atoms with Crippen molar-refractivity contribution in [3.63, 3.8) is 0 Å². The summed E-state index contributed by atoms with van der Waals surface area (Å²) in [6, 6.07) is 0. The number of allylic oxidation sites excluding steroid dienone is 4. The Balaban J connectivity index is -0.000000527. The SMILES string of the molecule is C.C.C.C.C.CCCCC(F)(F)C(=O)CC[C@H]1C=CC(=O)[C@@H]1CCCCCCCCC(OO)C(C)C.CCCCC(F)(F)C(=O)CC[C@H]1C=CC(=O)[C@@H]1CCCCCCCCC(OO)C(C)C.CCCCC(F)(F)C(=O)CC[C@H]1CCC(=O)[C@@H]1CCCCCCCCC(OO)C(C)C.CCCCC(F)(F)C(=O)CC[C@H]1[C@H](O)CC(=O)[C@@H]1CCCCCCCCC(OO)C(C)C. The standard InChI is InChI=1S/C25H44F2O5.C25H44F2O4.2C25H42F2O4.5CH4/c1-4-5-16-25(26,27)24(30)15-14-20-19(21(28)17-22(20)29)12-10-8-6-7-9-11-13-23(32-31)18(2)3;3*1-4-5-18-25(26,27)24(29)17-15-20-14-16-22(28)21(20)12-10-8-6-7-9-11-13-23(31-30)19(2)3;;;;;/h18-20,22-23,29,31H,4-17H2,1-3H3;19-21,23,30H,4-18H2,1-3H3;2*14,16,19-21,23,30H,4-13,15,17-18H2,1-3H3;5*1H4/t19-,20-,22-,23?;3*20-,21-,23?;;;;;/m1111...../s1. The van der Waals surface area contributed by atoms with Gasteiger partial charge < -0.3 is 5.11 Å². The van der Waals surface area contributed by atoms with Crippen LogP contribution in [-0.4, -0.2) is 127 Å². The largest absolute Gasteiger partial charge is 0.392 e. The number of Topliss-reactive ketones (excluding diaryl/α,β-unsaturated/α-hetero) is 6. The molecule has 25 heteroatoms. The van der Waals surface area contributed by atoms with E-state index in [9.17, 15) is 78.6 Å². The van der Waals surface area contributed by atoms with Crippen molar-refractivity contribution >= 4 is 46.3 Å². The number of hydrogen-bond acceptors (Lipinski definition) is 17. The second-order valence-corrected chi connectivity index (χ2v) is 38.4. The number of carbonyl (C=O) groups excluding carboxylic acids is 8. The molecule has 4 unspecified atom stereocenters. The van der Waals surface area contributed by atoms with Gasteiger partial charge in [-0.3, -0.25) is 59.4 Å². The van der Waals surface area contributed by atoms with Crippen molar-refractivity contribution in [1.82, 2.24) is 0 Å². The summed E-state index contributed by atoms with van der Waals surface area (Å²) in [6.45, 7) is 23.5. The first-order valence-electron chi connectivity index (χ1n) is 49.3. The highest BCUT2D eigenvalue weighted by Gasteiger charge is 2.45. The van der Waals surface area contributed by atoms with E-state index in [1.54, 1.807) is 31.2 Å². The van der Waals surface area contributed by atoms with E-state index in [2.05, 4.69) is 19.6 Å². The average Bonchev–Trinajstić information content (AvgIpc) is 1.69. The zero-order chi connectivity index (χ0) is 94.0. The summed E-state index contributed by atoms with van der Waals surface area (Å²) in [5, 5.41) is 45.7.